The van der Waals surface area contributed by atoms with Crippen molar-refractivity contribution in [2.45, 2.75) is 26.8 Å². The standard InChI is InChI=1S/C18H24N2OS/c1-12-8-13(2)17(14(3)9-12)18(21)19-10-16(20(4)5)15-6-7-22-11-15/h6-9,11,16H,10H2,1-5H3,(H,19,21). The summed E-state index contributed by atoms with van der Waals surface area (Å²) in [7, 11) is 4.08. The largest absolute Gasteiger partial charge is 0.350 e. The van der Waals surface area contributed by atoms with Crippen LogP contribution < -0.4 is 5.32 Å². The van der Waals surface area contributed by atoms with Crippen molar-refractivity contribution in [3.8, 4) is 0 Å². The third-order valence-corrected chi connectivity index (χ3v) is 4.61. The lowest BCUT2D eigenvalue weighted by atomic mass is 9.99. The topological polar surface area (TPSA) is 32.3 Å². The van der Waals surface area contributed by atoms with E-state index in [-0.39, 0.29) is 11.9 Å². The number of hydrogen-bond donors (Lipinski definition) is 1. The van der Waals surface area contributed by atoms with Crippen molar-refractivity contribution in [1.29, 1.82) is 0 Å². The van der Waals surface area contributed by atoms with Crippen molar-refractivity contribution in [3.63, 3.8) is 0 Å². The maximum atomic E-state index is 12.6. The minimum Gasteiger partial charge on any atom is -0.350 e. The number of amides is 1. The van der Waals surface area contributed by atoms with Gasteiger partial charge in [-0.1, -0.05) is 17.7 Å². The van der Waals surface area contributed by atoms with E-state index in [0.717, 1.165) is 16.7 Å². The van der Waals surface area contributed by atoms with Crippen LogP contribution in [0.3, 0.4) is 0 Å². The maximum absolute atomic E-state index is 12.6. The lowest BCUT2D eigenvalue weighted by molar-refractivity contribution is 0.0940. The zero-order valence-electron chi connectivity index (χ0n) is 13.9. The Bertz CT molecular complexity index is 624. The van der Waals surface area contributed by atoms with E-state index >= 15 is 0 Å². The molecule has 0 radical (unpaired) electrons. The van der Waals surface area contributed by atoms with Crippen LogP contribution in [0.4, 0.5) is 0 Å². The molecule has 0 aliphatic heterocycles. The van der Waals surface area contributed by atoms with E-state index in [2.05, 4.69) is 46.1 Å². The molecule has 4 heteroatoms. The predicted octanol–water partition coefficient (Wildman–Crippen LogP) is 3.71. The fourth-order valence-corrected chi connectivity index (χ4v) is 3.59. The molecule has 22 heavy (non-hydrogen) atoms. The average molecular weight is 316 g/mol. The molecule has 1 N–H and O–H groups in total. The van der Waals surface area contributed by atoms with Gasteiger partial charge in [-0.15, -0.1) is 0 Å². The number of aryl methyl sites for hydroxylation is 3. The Morgan fingerprint density at radius 2 is 1.86 bits per heavy atom. The molecule has 0 saturated heterocycles. The first kappa shape index (κ1) is 16.7. The Hall–Kier alpha value is -1.65. The van der Waals surface area contributed by atoms with Crippen LogP contribution in [0.1, 0.15) is 38.7 Å². The maximum Gasteiger partial charge on any atom is 0.251 e. The molecule has 2 aromatic rings. The van der Waals surface area contributed by atoms with Gasteiger partial charge in [-0.25, -0.2) is 0 Å². The molecule has 1 aromatic heterocycles. The molecule has 3 nitrogen and oxygen atoms in total. The zero-order chi connectivity index (χ0) is 16.3. The van der Waals surface area contributed by atoms with E-state index in [0.29, 0.717) is 6.54 Å². The smallest absolute Gasteiger partial charge is 0.251 e. The lowest BCUT2D eigenvalue weighted by Gasteiger charge is -2.24. The summed E-state index contributed by atoms with van der Waals surface area (Å²) in [6.07, 6.45) is 0. The number of likely N-dealkylation sites (N-methyl/N-ethyl adjacent to an activating group) is 1. The summed E-state index contributed by atoms with van der Waals surface area (Å²) in [5.41, 5.74) is 5.30. The second-order valence-corrected chi connectivity index (χ2v) is 6.80. The highest BCUT2D eigenvalue weighted by Gasteiger charge is 2.18. The highest BCUT2D eigenvalue weighted by atomic mass is 32.1. The predicted molar refractivity (Wildman–Crippen MR) is 93.7 cm³/mol. The van der Waals surface area contributed by atoms with Crippen molar-refractivity contribution in [2.24, 2.45) is 0 Å². The van der Waals surface area contributed by atoms with Crippen molar-refractivity contribution in [2.75, 3.05) is 20.6 Å². The number of nitrogens with zero attached hydrogens (tertiary/aromatic N) is 1. The number of hydrogen-bond acceptors (Lipinski definition) is 3. The number of nitrogens with one attached hydrogen (secondary N) is 1. The van der Waals surface area contributed by atoms with Gasteiger partial charge in [-0.3, -0.25) is 4.79 Å². The van der Waals surface area contributed by atoms with Crippen LogP contribution in [0, 0.1) is 20.8 Å². The van der Waals surface area contributed by atoms with Crippen LogP contribution in [0.25, 0.3) is 0 Å². The Morgan fingerprint density at radius 1 is 1.23 bits per heavy atom. The van der Waals surface area contributed by atoms with E-state index in [1.807, 2.05) is 27.9 Å². The summed E-state index contributed by atoms with van der Waals surface area (Å²) in [5.74, 6) is 0.0112. The molecule has 0 aliphatic carbocycles. The van der Waals surface area contributed by atoms with E-state index < -0.39 is 0 Å². The number of benzene rings is 1. The Balaban J connectivity index is 2.12. The van der Waals surface area contributed by atoms with Crippen LogP contribution in [-0.2, 0) is 0 Å². The van der Waals surface area contributed by atoms with E-state index in [1.165, 1.54) is 11.1 Å². The molecule has 0 fully saturated rings. The molecular weight excluding hydrogens is 292 g/mol. The Labute approximate surface area is 137 Å². The van der Waals surface area contributed by atoms with E-state index in [1.54, 1.807) is 11.3 Å². The van der Waals surface area contributed by atoms with Gasteiger partial charge < -0.3 is 10.2 Å². The van der Waals surface area contributed by atoms with Gasteiger partial charge in [-0.2, -0.15) is 11.3 Å². The van der Waals surface area contributed by atoms with Gasteiger partial charge in [0.2, 0.25) is 0 Å². The summed E-state index contributed by atoms with van der Waals surface area (Å²) in [4.78, 5) is 14.7. The fraction of sp³-hybridized carbons (Fsp3) is 0.389. The molecular formula is C18H24N2OS. The average Bonchev–Trinajstić information content (AvgIpc) is 2.91. The Kier molecular flexibility index (Phi) is 5.37. The van der Waals surface area contributed by atoms with Gasteiger partial charge in [0.05, 0.1) is 6.04 Å². The molecule has 1 aromatic carbocycles. The summed E-state index contributed by atoms with van der Waals surface area (Å²) < 4.78 is 0. The van der Waals surface area contributed by atoms with Gasteiger partial charge >= 0.3 is 0 Å². The number of carbonyl (C=O) groups is 1. The molecule has 1 atom stereocenters. The highest BCUT2D eigenvalue weighted by molar-refractivity contribution is 7.07. The van der Waals surface area contributed by atoms with Crippen LogP contribution >= 0.6 is 11.3 Å². The summed E-state index contributed by atoms with van der Waals surface area (Å²) >= 11 is 1.68. The quantitative estimate of drug-likeness (QED) is 0.912. The van der Waals surface area contributed by atoms with Gasteiger partial charge in [0.1, 0.15) is 0 Å². The van der Waals surface area contributed by atoms with Gasteiger partial charge in [0, 0.05) is 12.1 Å². The molecule has 0 spiro atoms. The summed E-state index contributed by atoms with van der Waals surface area (Å²) in [6, 6.07) is 6.43. The highest BCUT2D eigenvalue weighted by Crippen LogP contribution is 2.21. The first-order valence-electron chi connectivity index (χ1n) is 7.44. The van der Waals surface area contributed by atoms with Gasteiger partial charge in [-0.05, 0) is 68.4 Å². The molecule has 118 valence electrons. The SMILES string of the molecule is Cc1cc(C)c(C(=O)NCC(c2ccsc2)N(C)C)c(C)c1. The third kappa shape index (κ3) is 3.76. The molecule has 1 amide bonds. The first-order valence-corrected chi connectivity index (χ1v) is 8.39. The second-order valence-electron chi connectivity index (χ2n) is 6.02. The molecule has 0 aliphatic rings. The molecule has 0 bridgehead atoms. The third-order valence-electron chi connectivity index (χ3n) is 3.91. The van der Waals surface area contributed by atoms with Crippen molar-refractivity contribution in [1.82, 2.24) is 10.2 Å². The van der Waals surface area contributed by atoms with Crippen LogP contribution in [0.2, 0.25) is 0 Å². The normalized spacial score (nSPS) is 12.5. The molecule has 1 unspecified atom stereocenters. The van der Waals surface area contributed by atoms with Crippen molar-refractivity contribution >= 4 is 17.2 Å². The number of rotatable bonds is 5. The van der Waals surface area contributed by atoms with E-state index in [9.17, 15) is 4.79 Å². The minimum atomic E-state index is 0.0112. The van der Waals surface area contributed by atoms with Crippen LogP contribution in [0.5, 0.6) is 0 Å². The first-order chi connectivity index (χ1) is 10.4. The zero-order valence-corrected chi connectivity index (χ0v) is 14.8. The van der Waals surface area contributed by atoms with Crippen molar-refractivity contribution in [3.05, 3.63) is 56.8 Å². The monoisotopic (exact) mass is 316 g/mol. The fourth-order valence-electron chi connectivity index (χ4n) is 2.88. The van der Waals surface area contributed by atoms with Gasteiger partial charge in [0.25, 0.3) is 5.91 Å². The van der Waals surface area contributed by atoms with Crippen LogP contribution in [-0.4, -0.2) is 31.4 Å². The summed E-state index contributed by atoms with van der Waals surface area (Å²) in [6.45, 7) is 6.66. The minimum absolute atomic E-state index is 0.0112. The molecule has 2 rings (SSSR count). The van der Waals surface area contributed by atoms with Crippen molar-refractivity contribution < 1.29 is 4.79 Å². The number of carbonyl (C=O) groups excluding carboxylic acids is 1. The summed E-state index contributed by atoms with van der Waals surface area (Å²) in [5, 5.41) is 7.30. The number of thiophene rings is 1. The molecule has 1 heterocycles. The lowest BCUT2D eigenvalue weighted by Crippen LogP contribution is -2.35. The Morgan fingerprint density at radius 3 is 2.36 bits per heavy atom. The molecule has 0 saturated carbocycles. The van der Waals surface area contributed by atoms with Gasteiger partial charge in [0.15, 0.2) is 0 Å². The van der Waals surface area contributed by atoms with Crippen LogP contribution in [0.15, 0.2) is 29.0 Å². The van der Waals surface area contributed by atoms with E-state index in [4.69, 9.17) is 0 Å². The second kappa shape index (κ2) is 7.07.